The molecule has 1 aromatic heterocycles. The van der Waals surface area contributed by atoms with Gasteiger partial charge in [0.25, 0.3) is 5.95 Å². The van der Waals surface area contributed by atoms with E-state index in [9.17, 15) is 0 Å². The Morgan fingerprint density at radius 1 is 1.05 bits per heavy atom. The van der Waals surface area contributed by atoms with E-state index in [2.05, 4.69) is 20.4 Å². The summed E-state index contributed by atoms with van der Waals surface area (Å²) in [4.78, 5) is 1.74. The second-order valence-electron chi connectivity index (χ2n) is 3.91. The van der Waals surface area contributed by atoms with Crippen molar-refractivity contribution in [1.29, 1.82) is 0 Å². The lowest BCUT2D eigenvalue weighted by atomic mass is 10.2. The fourth-order valence-electron chi connectivity index (χ4n) is 1.23. The van der Waals surface area contributed by atoms with Gasteiger partial charge in [-0.3, -0.25) is 0 Å². The summed E-state index contributed by atoms with van der Waals surface area (Å²) in [6.45, 7) is 0. The number of anilines is 1. The van der Waals surface area contributed by atoms with Gasteiger partial charge in [0.15, 0.2) is 0 Å². The van der Waals surface area contributed by atoms with Crippen molar-refractivity contribution in [3.8, 4) is 0 Å². The summed E-state index contributed by atoms with van der Waals surface area (Å²) in [7, 11) is 3.67. The lowest BCUT2D eigenvalue weighted by molar-refractivity contribution is 0.731. The average Bonchev–Trinajstić information content (AvgIpc) is 2.40. The number of benzene rings is 1. The van der Waals surface area contributed by atoms with Gasteiger partial charge in [0.2, 0.25) is 5.16 Å². The van der Waals surface area contributed by atoms with E-state index in [0.29, 0.717) is 26.9 Å². The van der Waals surface area contributed by atoms with Crippen molar-refractivity contribution in [1.82, 2.24) is 20.4 Å². The van der Waals surface area contributed by atoms with Crippen LogP contribution in [0.3, 0.4) is 0 Å². The molecule has 0 aliphatic carbocycles. The van der Waals surface area contributed by atoms with Gasteiger partial charge < -0.3 is 4.90 Å². The Balaban J connectivity index is 2.00. The monoisotopic (exact) mass is 315 g/mol. The highest BCUT2D eigenvalue weighted by Crippen LogP contribution is 2.26. The molecular formula is C11H11Cl2N5S. The molecule has 19 heavy (non-hydrogen) atoms. The van der Waals surface area contributed by atoms with Gasteiger partial charge in [-0.2, -0.15) is 0 Å². The molecule has 1 aromatic carbocycles. The molecule has 0 atom stereocenters. The summed E-state index contributed by atoms with van der Waals surface area (Å²) in [5.74, 6) is 1.17. The zero-order valence-electron chi connectivity index (χ0n) is 10.3. The summed E-state index contributed by atoms with van der Waals surface area (Å²) < 4.78 is 0. The van der Waals surface area contributed by atoms with E-state index in [-0.39, 0.29) is 0 Å². The molecule has 0 saturated heterocycles. The Morgan fingerprint density at radius 3 is 2.32 bits per heavy atom. The van der Waals surface area contributed by atoms with Crippen molar-refractivity contribution in [3.05, 3.63) is 33.8 Å². The first kappa shape index (κ1) is 14.3. The highest BCUT2D eigenvalue weighted by Gasteiger charge is 2.05. The number of hydrogen-bond donors (Lipinski definition) is 0. The van der Waals surface area contributed by atoms with Crippen LogP contribution in [0, 0.1) is 0 Å². The van der Waals surface area contributed by atoms with E-state index in [0.717, 1.165) is 5.56 Å². The second kappa shape index (κ2) is 6.36. The summed E-state index contributed by atoms with van der Waals surface area (Å²) in [6.07, 6.45) is 0. The van der Waals surface area contributed by atoms with Gasteiger partial charge in [-0.05, 0) is 17.7 Å². The van der Waals surface area contributed by atoms with Gasteiger partial charge in [0.1, 0.15) is 0 Å². The van der Waals surface area contributed by atoms with Crippen molar-refractivity contribution in [2.45, 2.75) is 10.9 Å². The molecule has 0 N–H and O–H groups in total. The molecule has 0 spiro atoms. The molecule has 0 radical (unpaired) electrons. The number of thioether (sulfide) groups is 1. The van der Waals surface area contributed by atoms with Crippen LogP contribution in [-0.2, 0) is 5.75 Å². The van der Waals surface area contributed by atoms with Crippen molar-refractivity contribution >= 4 is 40.9 Å². The third-order valence-corrected chi connectivity index (χ3v) is 3.84. The largest absolute Gasteiger partial charge is 0.344 e. The quantitative estimate of drug-likeness (QED) is 0.809. The normalized spacial score (nSPS) is 10.5. The Labute approximate surface area is 125 Å². The van der Waals surface area contributed by atoms with E-state index in [4.69, 9.17) is 23.2 Å². The Kier molecular flexibility index (Phi) is 4.79. The van der Waals surface area contributed by atoms with Crippen LogP contribution in [0.4, 0.5) is 5.95 Å². The van der Waals surface area contributed by atoms with Crippen LogP contribution in [0.2, 0.25) is 10.0 Å². The van der Waals surface area contributed by atoms with E-state index >= 15 is 0 Å². The van der Waals surface area contributed by atoms with Crippen LogP contribution in [0.25, 0.3) is 0 Å². The molecule has 0 fully saturated rings. The predicted octanol–water partition coefficient (Wildman–Crippen LogP) is 2.93. The summed E-state index contributed by atoms with van der Waals surface area (Å²) >= 11 is 13.2. The standard InChI is InChI=1S/C11H11Cl2N5S/c1-18(2)10-14-16-11(17-15-10)19-6-7-3-4-8(12)9(13)5-7/h3-5H,6H2,1-2H3. The molecule has 1 heterocycles. The topological polar surface area (TPSA) is 54.8 Å². The lowest BCUT2D eigenvalue weighted by Crippen LogP contribution is -2.14. The zero-order valence-corrected chi connectivity index (χ0v) is 12.7. The molecule has 0 aliphatic rings. The summed E-state index contributed by atoms with van der Waals surface area (Å²) in [5, 5.41) is 17.5. The highest BCUT2D eigenvalue weighted by atomic mass is 35.5. The van der Waals surface area contributed by atoms with Crippen LogP contribution >= 0.6 is 35.0 Å². The van der Waals surface area contributed by atoms with Gasteiger partial charge in [0.05, 0.1) is 10.0 Å². The number of halogens is 2. The van der Waals surface area contributed by atoms with E-state index < -0.39 is 0 Å². The van der Waals surface area contributed by atoms with Crippen LogP contribution in [0.5, 0.6) is 0 Å². The maximum absolute atomic E-state index is 5.95. The second-order valence-corrected chi connectivity index (χ2v) is 5.67. The Morgan fingerprint density at radius 2 is 1.74 bits per heavy atom. The maximum Gasteiger partial charge on any atom is 0.264 e. The number of nitrogens with zero attached hydrogens (tertiary/aromatic N) is 5. The van der Waals surface area contributed by atoms with Crippen molar-refractivity contribution in [2.24, 2.45) is 0 Å². The number of hydrogen-bond acceptors (Lipinski definition) is 6. The molecule has 0 unspecified atom stereocenters. The fourth-order valence-corrected chi connectivity index (χ4v) is 2.22. The summed E-state index contributed by atoms with van der Waals surface area (Å²) in [6, 6.07) is 5.51. The minimum Gasteiger partial charge on any atom is -0.344 e. The predicted molar refractivity (Wildman–Crippen MR) is 78.0 cm³/mol. The molecule has 5 nitrogen and oxygen atoms in total. The molecule has 2 aromatic rings. The molecule has 0 amide bonds. The van der Waals surface area contributed by atoms with Crippen LogP contribution in [-0.4, -0.2) is 34.5 Å². The van der Waals surface area contributed by atoms with Gasteiger partial charge >= 0.3 is 0 Å². The minimum atomic E-state index is 0.485. The van der Waals surface area contributed by atoms with Gasteiger partial charge in [-0.25, -0.2) is 0 Å². The minimum absolute atomic E-state index is 0.485. The first-order valence-electron chi connectivity index (χ1n) is 5.37. The van der Waals surface area contributed by atoms with Crippen LogP contribution in [0.15, 0.2) is 23.4 Å². The third kappa shape index (κ3) is 3.92. The number of rotatable bonds is 4. The molecular weight excluding hydrogens is 305 g/mol. The third-order valence-electron chi connectivity index (χ3n) is 2.20. The maximum atomic E-state index is 5.95. The zero-order chi connectivity index (χ0) is 13.8. The van der Waals surface area contributed by atoms with Gasteiger partial charge in [-0.15, -0.1) is 20.4 Å². The first-order valence-corrected chi connectivity index (χ1v) is 7.12. The fraction of sp³-hybridized carbons (Fsp3) is 0.273. The molecule has 8 heteroatoms. The van der Waals surface area contributed by atoms with Crippen molar-refractivity contribution < 1.29 is 0 Å². The van der Waals surface area contributed by atoms with Crippen molar-refractivity contribution in [3.63, 3.8) is 0 Å². The molecule has 2 rings (SSSR count). The molecule has 0 aliphatic heterocycles. The first-order chi connectivity index (χ1) is 9.06. The van der Waals surface area contributed by atoms with Gasteiger partial charge in [0, 0.05) is 19.8 Å². The van der Waals surface area contributed by atoms with Gasteiger partial charge in [-0.1, -0.05) is 41.0 Å². The molecule has 100 valence electrons. The SMILES string of the molecule is CN(C)c1nnc(SCc2ccc(Cl)c(Cl)c2)nn1. The van der Waals surface area contributed by atoms with E-state index in [1.165, 1.54) is 11.8 Å². The van der Waals surface area contributed by atoms with Crippen LogP contribution in [0.1, 0.15) is 5.56 Å². The Bertz CT molecular complexity index is 562. The number of aromatic nitrogens is 4. The summed E-state index contributed by atoms with van der Waals surface area (Å²) in [5.41, 5.74) is 1.04. The van der Waals surface area contributed by atoms with E-state index in [1.54, 1.807) is 11.0 Å². The van der Waals surface area contributed by atoms with E-state index in [1.807, 2.05) is 26.2 Å². The van der Waals surface area contributed by atoms with Crippen LogP contribution < -0.4 is 4.90 Å². The molecule has 0 saturated carbocycles. The molecule has 0 bridgehead atoms. The highest BCUT2D eigenvalue weighted by molar-refractivity contribution is 7.98. The average molecular weight is 316 g/mol. The Hall–Kier alpha value is -1.11. The van der Waals surface area contributed by atoms with Crippen molar-refractivity contribution in [2.75, 3.05) is 19.0 Å². The lowest BCUT2D eigenvalue weighted by Gasteiger charge is -2.07. The smallest absolute Gasteiger partial charge is 0.264 e.